The van der Waals surface area contributed by atoms with E-state index in [0.717, 1.165) is 19.3 Å². The smallest absolute Gasteiger partial charge is 0.333 e. The van der Waals surface area contributed by atoms with Crippen LogP contribution >= 0.6 is 0 Å². The monoisotopic (exact) mass is 184 g/mol. The molecule has 0 aromatic rings. The van der Waals surface area contributed by atoms with Gasteiger partial charge < -0.3 is 5.32 Å². The highest BCUT2D eigenvalue weighted by Gasteiger charge is 2.11. The summed E-state index contributed by atoms with van der Waals surface area (Å²) in [5.74, 6) is 0. The Morgan fingerprint density at radius 2 is 2.46 bits per heavy atom. The molecule has 0 aliphatic heterocycles. The van der Waals surface area contributed by atoms with Crippen LogP contribution in [-0.2, 0) is 4.84 Å². The fraction of sp³-hybridized carbons (Fsp3) is 0.667. The van der Waals surface area contributed by atoms with Gasteiger partial charge in [0.15, 0.2) is 0 Å². The summed E-state index contributed by atoms with van der Waals surface area (Å²) in [7, 11) is 0. The molecule has 0 radical (unpaired) electrons. The summed E-state index contributed by atoms with van der Waals surface area (Å²) in [5.41, 5.74) is 2.31. The Morgan fingerprint density at radius 1 is 1.62 bits per heavy atom. The van der Waals surface area contributed by atoms with E-state index in [9.17, 15) is 4.79 Å². The molecule has 0 spiro atoms. The molecular formula is C9H16N2O2. The SMILES string of the molecule is CCONC(=O)NC1CC=CCC1. The molecule has 1 aliphatic rings. The number of allylic oxidation sites excluding steroid dienone is 1. The summed E-state index contributed by atoms with van der Waals surface area (Å²) in [6.07, 6.45) is 7.20. The lowest BCUT2D eigenvalue weighted by molar-refractivity contribution is 0.0694. The zero-order valence-corrected chi connectivity index (χ0v) is 7.88. The van der Waals surface area contributed by atoms with E-state index in [1.165, 1.54) is 0 Å². The maximum Gasteiger partial charge on any atom is 0.338 e. The van der Waals surface area contributed by atoms with E-state index in [4.69, 9.17) is 4.84 Å². The van der Waals surface area contributed by atoms with Gasteiger partial charge in [-0.05, 0) is 26.2 Å². The number of rotatable bonds is 3. The van der Waals surface area contributed by atoms with E-state index in [2.05, 4.69) is 22.9 Å². The lowest BCUT2D eigenvalue weighted by Gasteiger charge is -2.19. The van der Waals surface area contributed by atoms with Gasteiger partial charge in [0.05, 0.1) is 6.61 Å². The summed E-state index contributed by atoms with van der Waals surface area (Å²) >= 11 is 0. The lowest BCUT2D eigenvalue weighted by Crippen LogP contribution is -2.42. The molecule has 0 saturated heterocycles. The maximum absolute atomic E-state index is 11.1. The molecule has 74 valence electrons. The lowest BCUT2D eigenvalue weighted by atomic mass is 10.0. The highest BCUT2D eigenvalue weighted by molar-refractivity contribution is 5.73. The minimum atomic E-state index is -0.248. The van der Waals surface area contributed by atoms with Crippen molar-refractivity contribution in [1.82, 2.24) is 10.8 Å². The summed E-state index contributed by atoms with van der Waals surface area (Å²) in [6, 6.07) is 0.00704. The second kappa shape index (κ2) is 5.59. The summed E-state index contributed by atoms with van der Waals surface area (Å²) in [4.78, 5) is 15.9. The van der Waals surface area contributed by atoms with Crippen LogP contribution < -0.4 is 10.8 Å². The minimum Gasteiger partial charge on any atom is -0.333 e. The van der Waals surface area contributed by atoms with Crippen LogP contribution in [0.15, 0.2) is 12.2 Å². The van der Waals surface area contributed by atoms with Crippen molar-refractivity contribution in [2.24, 2.45) is 0 Å². The number of amides is 2. The summed E-state index contributed by atoms with van der Waals surface area (Å²) in [5, 5.41) is 2.83. The predicted octanol–water partition coefficient (Wildman–Crippen LogP) is 1.35. The topological polar surface area (TPSA) is 50.4 Å². The van der Waals surface area contributed by atoms with Crippen LogP contribution in [0.25, 0.3) is 0 Å². The van der Waals surface area contributed by atoms with E-state index in [-0.39, 0.29) is 12.1 Å². The van der Waals surface area contributed by atoms with Gasteiger partial charge in [-0.25, -0.2) is 10.3 Å². The Balaban J connectivity index is 2.15. The number of hydrogen-bond donors (Lipinski definition) is 2. The molecule has 0 fully saturated rings. The van der Waals surface area contributed by atoms with Gasteiger partial charge in [0.1, 0.15) is 0 Å². The first-order valence-corrected chi connectivity index (χ1v) is 4.66. The first-order chi connectivity index (χ1) is 6.33. The van der Waals surface area contributed by atoms with Crippen molar-refractivity contribution in [1.29, 1.82) is 0 Å². The average Bonchev–Trinajstić information content (AvgIpc) is 2.16. The van der Waals surface area contributed by atoms with Crippen LogP contribution in [0.4, 0.5) is 4.79 Å². The van der Waals surface area contributed by atoms with Crippen molar-refractivity contribution in [2.75, 3.05) is 6.61 Å². The van der Waals surface area contributed by atoms with Crippen molar-refractivity contribution >= 4 is 6.03 Å². The Hall–Kier alpha value is -1.03. The number of urea groups is 1. The molecule has 0 heterocycles. The molecule has 13 heavy (non-hydrogen) atoms. The van der Waals surface area contributed by atoms with E-state index in [1.807, 2.05) is 6.92 Å². The molecule has 0 bridgehead atoms. The Morgan fingerprint density at radius 3 is 3.08 bits per heavy atom. The van der Waals surface area contributed by atoms with Crippen LogP contribution in [0, 0.1) is 0 Å². The average molecular weight is 184 g/mol. The molecular weight excluding hydrogens is 168 g/mol. The van der Waals surface area contributed by atoms with Gasteiger partial charge in [0.2, 0.25) is 0 Å². The highest BCUT2D eigenvalue weighted by atomic mass is 16.7. The number of carbonyl (C=O) groups is 1. The van der Waals surface area contributed by atoms with Gasteiger partial charge in [-0.2, -0.15) is 0 Å². The first kappa shape index (κ1) is 10.1. The first-order valence-electron chi connectivity index (χ1n) is 4.66. The van der Waals surface area contributed by atoms with Crippen molar-refractivity contribution in [3.05, 3.63) is 12.2 Å². The van der Waals surface area contributed by atoms with Crippen LogP contribution in [-0.4, -0.2) is 18.7 Å². The van der Waals surface area contributed by atoms with Gasteiger partial charge in [-0.3, -0.25) is 4.84 Å². The Kier molecular flexibility index (Phi) is 4.32. The van der Waals surface area contributed by atoms with Crippen molar-refractivity contribution in [2.45, 2.75) is 32.2 Å². The highest BCUT2D eigenvalue weighted by Crippen LogP contribution is 2.09. The van der Waals surface area contributed by atoms with Crippen molar-refractivity contribution < 1.29 is 9.63 Å². The van der Waals surface area contributed by atoms with E-state index in [0.29, 0.717) is 6.61 Å². The minimum absolute atomic E-state index is 0.248. The molecule has 1 atom stereocenters. The van der Waals surface area contributed by atoms with Gasteiger partial charge in [0.25, 0.3) is 0 Å². The number of hydroxylamine groups is 1. The second-order valence-corrected chi connectivity index (χ2v) is 2.99. The van der Waals surface area contributed by atoms with Crippen LogP contribution in [0.5, 0.6) is 0 Å². The molecule has 4 nitrogen and oxygen atoms in total. The standard InChI is InChI=1S/C9H16N2O2/c1-2-13-11-9(12)10-8-6-4-3-5-7-8/h3-4,8H,2,5-7H2,1H3,(H2,10,11,12). The molecule has 1 unspecified atom stereocenters. The molecule has 0 aromatic heterocycles. The third-order valence-corrected chi connectivity index (χ3v) is 1.91. The van der Waals surface area contributed by atoms with E-state index in [1.54, 1.807) is 0 Å². The fourth-order valence-corrected chi connectivity index (χ4v) is 1.28. The van der Waals surface area contributed by atoms with Gasteiger partial charge in [0, 0.05) is 6.04 Å². The number of nitrogens with one attached hydrogen (secondary N) is 2. The van der Waals surface area contributed by atoms with Crippen LogP contribution in [0.2, 0.25) is 0 Å². The summed E-state index contributed by atoms with van der Waals surface area (Å²) < 4.78 is 0. The Labute approximate surface area is 78.3 Å². The molecule has 1 aliphatic carbocycles. The third-order valence-electron chi connectivity index (χ3n) is 1.91. The van der Waals surface area contributed by atoms with Gasteiger partial charge in [-0.15, -0.1) is 0 Å². The fourth-order valence-electron chi connectivity index (χ4n) is 1.28. The van der Waals surface area contributed by atoms with E-state index < -0.39 is 0 Å². The zero-order valence-electron chi connectivity index (χ0n) is 7.88. The molecule has 0 aromatic carbocycles. The van der Waals surface area contributed by atoms with Crippen LogP contribution in [0.3, 0.4) is 0 Å². The summed E-state index contributed by atoms with van der Waals surface area (Å²) in [6.45, 7) is 2.31. The molecule has 4 heteroatoms. The quantitative estimate of drug-likeness (QED) is 0.513. The molecule has 1 rings (SSSR count). The third kappa shape index (κ3) is 3.94. The van der Waals surface area contributed by atoms with Crippen LogP contribution in [0.1, 0.15) is 26.2 Å². The molecule has 2 amide bonds. The van der Waals surface area contributed by atoms with E-state index >= 15 is 0 Å². The van der Waals surface area contributed by atoms with Crippen molar-refractivity contribution in [3.8, 4) is 0 Å². The molecule has 2 N–H and O–H groups in total. The second-order valence-electron chi connectivity index (χ2n) is 2.99. The van der Waals surface area contributed by atoms with Gasteiger partial charge in [-0.1, -0.05) is 12.2 Å². The largest absolute Gasteiger partial charge is 0.338 e. The predicted molar refractivity (Wildman–Crippen MR) is 50.1 cm³/mol. The number of carbonyl (C=O) groups excluding carboxylic acids is 1. The van der Waals surface area contributed by atoms with Gasteiger partial charge >= 0.3 is 6.03 Å². The Bertz CT molecular complexity index is 192. The van der Waals surface area contributed by atoms with Crippen molar-refractivity contribution in [3.63, 3.8) is 0 Å². The molecule has 0 saturated carbocycles. The zero-order chi connectivity index (χ0) is 9.52. The maximum atomic E-state index is 11.1. The normalized spacial score (nSPS) is 21.2. The number of hydrogen-bond acceptors (Lipinski definition) is 2.